The quantitative estimate of drug-likeness (QED) is 0.903. The zero-order chi connectivity index (χ0) is 14.1. The van der Waals surface area contributed by atoms with Crippen LogP contribution in [0.15, 0.2) is 17.0 Å². The highest BCUT2D eigenvalue weighted by molar-refractivity contribution is 9.10. The number of hydrogen-bond donors (Lipinski definition) is 1. The number of nitrogens with one attached hydrogen (secondary N) is 1. The molecule has 1 amide bonds. The second kappa shape index (κ2) is 5.35. The number of amides is 1. The Morgan fingerprint density at radius 1 is 1.50 bits per heavy atom. The van der Waals surface area contributed by atoms with E-state index >= 15 is 0 Å². The van der Waals surface area contributed by atoms with Crippen LogP contribution in [0.2, 0.25) is 0 Å². The fourth-order valence-electron chi connectivity index (χ4n) is 2.61. The number of H-pyrrole nitrogens is 1. The van der Waals surface area contributed by atoms with Crippen LogP contribution >= 0.6 is 15.9 Å². The molecule has 7 nitrogen and oxygen atoms in total. The highest BCUT2D eigenvalue weighted by Gasteiger charge is 2.31. The van der Waals surface area contributed by atoms with Gasteiger partial charge in [0.25, 0.3) is 5.91 Å². The van der Waals surface area contributed by atoms with Gasteiger partial charge in [-0.2, -0.15) is 10.2 Å². The fraction of sp³-hybridized carbons (Fsp3) is 0.500. The third kappa shape index (κ3) is 2.35. The molecular weight excluding hydrogens is 324 g/mol. The van der Waals surface area contributed by atoms with E-state index in [9.17, 15) is 4.79 Å². The first kappa shape index (κ1) is 13.3. The molecule has 0 radical (unpaired) electrons. The van der Waals surface area contributed by atoms with Crippen LogP contribution in [-0.2, 0) is 7.05 Å². The first-order valence-electron chi connectivity index (χ1n) is 6.52. The van der Waals surface area contributed by atoms with Gasteiger partial charge in [-0.15, -0.1) is 0 Å². The monoisotopic (exact) mass is 338 g/mol. The van der Waals surface area contributed by atoms with E-state index in [-0.39, 0.29) is 11.9 Å². The average molecular weight is 339 g/mol. The number of piperidine rings is 1. The molecule has 2 aromatic heterocycles. The molecule has 1 fully saturated rings. The van der Waals surface area contributed by atoms with Crippen molar-refractivity contribution in [1.29, 1.82) is 0 Å². The molecule has 8 heteroatoms. The van der Waals surface area contributed by atoms with Crippen LogP contribution in [0.25, 0.3) is 0 Å². The Morgan fingerprint density at radius 2 is 2.35 bits per heavy atom. The van der Waals surface area contributed by atoms with Crippen LogP contribution in [0.5, 0.6) is 0 Å². The SMILES string of the molecule is Cn1nc(Br)cc1C(=O)N1CCCCC1c1ncn[nH]1. The molecule has 1 aliphatic rings. The number of aryl methyl sites for hydroxylation is 1. The lowest BCUT2D eigenvalue weighted by atomic mass is 10.0. The van der Waals surface area contributed by atoms with Gasteiger partial charge in [0.2, 0.25) is 0 Å². The number of carbonyl (C=O) groups is 1. The van der Waals surface area contributed by atoms with Gasteiger partial charge < -0.3 is 4.90 Å². The highest BCUT2D eigenvalue weighted by atomic mass is 79.9. The van der Waals surface area contributed by atoms with E-state index in [1.54, 1.807) is 17.8 Å². The van der Waals surface area contributed by atoms with E-state index in [2.05, 4.69) is 36.2 Å². The van der Waals surface area contributed by atoms with E-state index in [4.69, 9.17) is 0 Å². The van der Waals surface area contributed by atoms with E-state index in [0.717, 1.165) is 31.6 Å². The predicted octanol–water partition coefficient (Wildman–Crippen LogP) is 1.67. The summed E-state index contributed by atoms with van der Waals surface area (Å²) in [6.07, 6.45) is 4.48. The molecule has 0 aromatic carbocycles. The molecule has 106 valence electrons. The summed E-state index contributed by atoms with van der Waals surface area (Å²) in [4.78, 5) is 18.8. The van der Waals surface area contributed by atoms with Crippen molar-refractivity contribution in [3.8, 4) is 0 Å². The van der Waals surface area contributed by atoms with Gasteiger partial charge >= 0.3 is 0 Å². The molecular formula is C12H15BrN6O. The van der Waals surface area contributed by atoms with Crippen molar-refractivity contribution < 1.29 is 4.79 Å². The van der Waals surface area contributed by atoms with E-state index in [1.165, 1.54) is 6.33 Å². The molecule has 20 heavy (non-hydrogen) atoms. The van der Waals surface area contributed by atoms with Crippen molar-refractivity contribution >= 4 is 21.8 Å². The third-order valence-electron chi connectivity index (χ3n) is 3.58. The maximum Gasteiger partial charge on any atom is 0.272 e. The maximum absolute atomic E-state index is 12.7. The van der Waals surface area contributed by atoms with Crippen molar-refractivity contribution in [3.63, 3.8) is 0 Å². The number of hydrogen-bond acceptors (Lipinski definition) is 4. The average Bonchev–Trinajstić information content (AvgIpc) is 3.07. The molecule has 0 bridgehead atoms. The smallest absolute Gasteiger partial charge is 0.272 e. The molecule has 1 N–H and O–H groups in total. The minimum atomic E-state index is -0.0348. The Morgan fingerprint density at radius 3 is 3.00 bits per heavy atom. The summed E-state index contributed by atoms with van der Waals surface area (Å²) in [5.41, 5.74) is 0.572. The molecule has 3 heterocycles. The van der Waals surface area contributed by atoms with Crippen molar-refractivity contribution in [3.05, 3.63) is 28.5 Å². The number of aromatic amines is 1. The zero-order valence-corrected chi connectivity index (χ0v) is 12.7. The zero-order valence-electron chi connectivity index (χ0n) is 11.1. The molecule has 0 aliphatic carbocycles. The maximum atomic E-state index is 12.7. The Labute approximate surface area is 124 Å². The minimum absolute atomic E-state index is 0.0215. The van der Waals surface area contributed by atoms with E-state index in [1.807, 2.05) is 4.90 Å². The van der Waals surface area contributed by atoms with Gasteiger partial charge in [-0.3, -0.25) is 14.6 Å². The van der Waals surface area contributed by atoms with Gasteiger partial charge in [-0.05, 0) is 35.2 Å². The summed E-state index contributed by atoms with van der Waals surface area (Å²) in [7, 11) is 1.77. The molecule has 1 aliphatic heterocycles. The van der Waals surface area contributed by atoms with Crippen molar-refractivity contribution in [2.45, 2.75) is 25.3 Å². The lowest BCUT2D eigenvalue weighted by Gasteiger charge is -2.34. The largest absolute Gasteiger partial charge is 0.327 e. The van der Waals surface area contributed by atoms with Crippen molar-refractivity contribution in [2.75, 3.05) is 6.54 Å². The topological polar surface area (TPSA) is 79.7 Å². The van der Waals surface area contributed by atoms with Gasteiger partial charge in [-0.1, -0.05) is 0 Å². The van der Waals surface area contributed by atoms with Crippen LogP contribution in [0, 0.1) is 0 Å². The Hall–Kier alpha value is -1.70. The molecule has 2 aromatic rings. The minimum Gasteiger partial charge on any atom is -0.327 e. The van der Waals surface area contributed by atoms with Crippen LogP contribution in [-0.4, -0.2) is 42.3 Å². The number of aromatic nitrogens is 5. The van der Waals surface area contributed by atoms with Gasteiger partial charge in [0.1, 0.15) is 22.4 Å². The number of nitrogens with zero attached hydrogens (tertiary/aromatic N) is 5. The van der Waals surface area contributed by atoms with Gasteiger partial charge in [-0.25, -0.2) is 4.98 Å². The molecule has 1 unspecified atom stereocenters. The lowest BCUT2D eigenvalue weighted by Crippen LogP contribution is -2.39. The van der Waals surface area contributed by atoms with E-state index < -0.39 is 0 Å². The van der Waals surface area contributed by atoms with Crippen LogP contribution < -0.4 is 0 Å². The summed E-state index contributed by atoms with van der Waals surface area (Å²) in [6, 6.07) is 1.71. The Bertz CT molecular complexity index is 608. The summed E-state index contributed by atoms with van der Waals surface area (Å²) in [5.74, 6) is 0.728. The lowest BCUT2D eigenvalue weighted by molar-refractivity contribution is 0.0589. The fourth-order valence-corrected chi connectivity index (χ4v) is 3.07. The standard InChI is InChI=1S/C12H15BrN6O/c1-18-9(6-10(13)17-18)12(20)19-5-3-2-4-8(19)11-14-7-15-16-11/h6-8H,2-5H2,1H3,(H,14,15,16). The molecule has 1 saturated heterocycles. The predicted molar refractivity (Wildman–Crippen MR) is 74.9 cm³/mol. The number of halogens is 1. The van der Waals surface area contributed by atoms with Crippen LogP contribution in [0.4, 0.5) is 0 Å². The normalized spacial score (nSPS) is 19.3. The second-order valence-corrected chi connectivity index (χ2v) is 5.67. The Balaban J connectivity index is 1.90. The number of likely N-dealkylation sites (tertiary alicyclic amines) is 1. The number of rotatable bonds is 2. The third-order valence-corrected chi connectivity index (χ3v) is 3.97. The van der Waals surface area contributed by atoms with Crippen molar-refractivity contribution in [1.82, 2.24) is 29.9 Å². The van der Waals surface area contributed by atoms with Crippen LogP contribution in [0.1, 0.15) is 41.6 Å². The van der Waals surface area contributed by atoms with Crippen molar-refractivity contribution in [2.24, 2.45) is 7.05 Å². The van der Waals surface area contributed by atoms with Gasteiger partial charge in [0.05, 0.1) is 6.04 Å². The summed E-state index contributed by atoms with van der Waals surface area (Å²) in [6.45, 7) is 0.729. The molecule has 3 rings (SSSR count). The molecule has 0 saturated carbocycles. The second-order valence-electron chi connectivity index (χ2n) is 4.86. The number of carbonyl (C=O) groups excluding carboxylic acids is 1. The molecule has 0 spiro atoms. The van der Waals surface area contributed by atoms with Crippen LogP contribution in [0.3, 0.4) is 0 Å². The summed E-state index contributed by atoms with van der Waals surface area (Å²) in [5, 5.41) is 10.9. The summed E-state index contributed by atoms with van der Waals surface area (Å²) < 4.78 is 2.26. The van der Waals surface area contributed by atoms with Gasteiger partial charge in [0, 0.05) is 19.7 Å². The molecule has 1 atom stereocenters. The Kier molecular flexibility index (Phi) is 3.56. The first-order valence-corrected chi connectivity index (χ1v) is 7.32. The van der Waals surface area contributed by atoms with Gasteiger partial charge in [0.15, 0.2) is 0 Å². The summed E-state index contributed by atoms with van der Waals surface area (Å²) >= 11 is 3.30. The first-order chi connectivity index (χ1) is 9.66. The van der Waals surface area contributed by atoms with E-state index in [0.29, 0.717) is 10.3 Å². The highest BCUT2D eigenvalue weighted by Crippen LogP contribution is 2.30.